The van der Waals surface area contributed by atoms with Crippen LogP contribution in [-0.2, 0) is 19.7 Å². The van der Waals surface area contributed by atoms with Crippen LogP contribution in [0, 0.1) is 0 Å². The Morgan fingerprint density at radius 1 is 1.33 bits per heavy atom. The van der Waals surface area contributed by atoms with Gasteiger partial charge in [-0.05, 0) is 31.9 Å². The van der Waals surface area contributed by atoms with E-state index in [0.717, 1.165) is 6.08 Å². The molecule has 1 N–H and O–H groups in total. The predicted octanol–water partition coefficient (Wildman–Crippen LogP) is -7.31. The maximum absolute atomic E-state index is 11.2. The molecular formula is C11H15NNa2O6S. The summed E-state index contributed by atoms with van der Waals surface area (Å²) < 4.78 is 32.4. The smallest absolute Gasteiger partial charge is 0.748 e. The fourth-order valence-electron chi connectivity index (χ4n) is 1.35. The zero-order valence-corrected chi connectivity index (χ0v) is 17.5. The average molecular weight is 335 g/mol. The first kappa shape index (κ1) is 26.2. The first-order chi connectivity index (χ1) is 8.49. The van der Waals surface area contributed by atoms with Crippen molar-refractivity contribution in [2.75, 3.05) is 5.75 Å². The third-order valence-corrected chi connectivity index (χ3v) is 3.28. The Kier molecular flexibility index (Phi) is 13.7. The maximum Gasteiger partial charge on any atom is 1.00 e. The number of carboxylic acids is 1. The fraction of sp³-hybridized carbons (Fsp3) is 0.455. The van der Waals surface area contributed by atoms with Crippen LogP contribution >= 0.6 is 0 Å². The Bertz CT molecular complexity index is 517. The Balaban J connectivity index is -0.00000162. The van der Waals surface area contributed by atoms with Gasteiger partial charge in [0.15, 0.2) is 0 Å². The summed E-state index contributed by atoms with van der Waals surface area (Å²) in [5.74, 6) is -2.94. The Morgan fingerprint density at radius 3 is 2.14 bits per heavy atom. The van der Waals surface area contributed by atoms with E-state index in [1.54, 1.807) is 0 Å². The monoisotopic (exact) mass is 335 g/mol. The summed E-state index contributed by atoms with van der Waals surface area (Å²) >= 11 is 0. The molecule has 1 unspecified atom stereocenters. The minimum atomic E-state index is -4.60. The van der Waals surface area contributed by atoms with Gasteiger partial charge in [-0.1, -0.05) is 12.7 Å². The maximum atomic E-state index is 11.2. The Morgan fingerprint density at radius 2 is 1.81 bits per heavy atom. The van der Waals surface area contributed by atoms with Crippen LogP contribution in [0.25, 0.3) is 0 Å². The summed E-state index contributed by atoms with van der Waals surface area (Å²) in [6.07, 6.45) is 1.96. The number of aliphatic carboxylic acids is 1. The van der Waals surface area contributed by atoms with Gasteiger partial charge in [0, 0.05) is 0 Å². The summed E-state index contributed by atoms with van der Waals surface area (Å²) in [6, 6.07) is 0. The van der Waals surface area contributed by atoms with E-state index in [-0.39, 0.29) is 71.1 Å². The molecule has 0 bridgehead atoms. The quantitative estimate of drug-likeness (QED) is 0.280. The molecule has 0 aromatic heterocycles. The van der Waals surface area contributed by atoms with Gasteiger partial charge in [-0.3, -0.25) is 4.79 Å². The van der Waals surface area contributed by atoms with Crippen LogP contribution in [0.3, 0.4) is 0 Å². The SMILES string of the molecule is C=CC(=O)NC(C)(CC=C(C)C(=O)[O-])CS(=O)(=O)[O-].[Na+].[Na+]. The van der Waals surface area contributed by atoms with Crippen molar-refractivity contribution in [3.63, 3.8) is 0 Å². The van der Waals surface area contributed by atoms with E-state index in [4.69, 9.17) is 0 Å². The minimum Gasteiger partial charge on any atom is -0.748 e. The van der Waals surface area contributed by atoms with Gasteiger partial charge in [0.05, 0.1) is 27.4 Å². The van der Waals surface area contributed by atoms with Crippen LogP contribution in [0.2, 0.25) is 0 Å². The molecule has 7 nitrogen and oxygen atoms in total. The van der Waals surface area contributed by atoms with Crippen LogP contribution in [-0.4, -0.2) is 36.1 Å². The van der Waals surface area contributed by atoms with E-state index >= 15 is 0 Å². The zero-order chi connectivity index (χ0) is 15.3. The Hall–Kier alpha value is 0.330. The summed E-state index contributed by atoms with van der Waals surface area (Å²) in [5.41, 5.74) is -1.54. The predicted molar refractivity (Wildman–Crippen MR) is 64.7 cm³/mol. The van der Waals surface area contributed by atoms with Crippen LogP contribution in [0.5, 0.6) is 0 Å². The van der Waals surface area contributed by atoms with Gasteiger partial charge in [-0.15, -0.1) is 0 Å². The van der Waals surface area contributed by atoms with Crippen molar-refractivity contribution < 1.29 is 86.8 Å². The van der Waals surface area contributed by atoms with Crippen molar-refractivity contribution in [3.05, 3.63) is 24.3 Å². The largest absolute Gasteiger partial charge is 1.00 e. The second-order valence-electron chi connectivity index (χ2n) is 4.33. The van der Waals surface area contributed by atoms with Gasteiger partial charge in [0.25, 0.3) is 0 Å². The van der Waals surface area contributed by atoms with Crippen molar-refractivity contribution in [2.45, 2.75) is 25.8 Å². The zero-order valence-electron chi connectivity index (χ0n) is 12.6. The number of amides is 1. The third kappa shape index (κ3) is 12.5. The minimum absolute atomic E-state index is 0. The molecule has 0 radical (unpaired) electrons. The van der Waals surface area contributed by atoms with Crippen LogP contribution in [0.15, 0.2) is 24.3 Å². The van der Waals surface area contributed by atoms with E-state index in [1.165, 1.54) is 19.9 Å². The topological polar surface area (TPSA) is 126 Å². The molecule has 1 atom stereocenters. The van der Waals surface area contributed by atoms with Crippen molar-refractivity contribution in [1.29, 1.82) is 0 Å². The molecule has 0 fully saturated rings. The molecule has 0 aliphatic heterocycles. The third-order valence-electron chi connectivity index (χ3n) is 2.29. The van der Waals surface area contributed by atoms with Crippen LogP contribution in [0.1, 0.15) is 20.3 Å². The van der Waals surface area contributed by atoms with Gasteiger partial charge < -0.3 is 19.8 Å². The molecule has 0 spiro atoms. The van der Waals surface area contributed by atoms with E-state index in [0.29, 0.717) is 0 Å². The van der Waals surface area contributed by atoms with Gasteiger partial charge in [0.1, 0.15) is 0 Å². The second kappa shape index (κ2) is 11.0. The number of carboxylic acid groups (broad SMARTS) is 1. The number of carbonyl (C=O) groups excluding carboxylic acids is 2. The number of nitrogens with one attached hydrogen (secondary N) is 1. The molecule has 0 heterocycles. The number of hydrogen-bond donors (Lipinski definition) is 1. The van der Waals surface area contributed by atoms with Crippen LogP contribution in [0.4, 0.5) is 0 Å². The molecule has 1 amide bonds. The van der Waals surface area contributed by atoms with Crippen molar-refractivity contribution >= 4 is 22.0 Å². The average Bonchev–Trinajstić information content (AvgIpc) is 2.22. The number of hydrogen-bond acceptors (Lipinski definition) is 6. The molecule has 0 rings (SSSR count). The molecule has 0 aromatic carbocycles. The molecular weight excluding hydrogens is 320 g/mol. The van der Waals surface area contributed by atoms with Gasteiger partial charge >= 0.3 is 59.1 Å². The van der Waals surface area contributed by atoms with E-state index in [1.807, 2.05) is 0 Å². The number of carbonyl (C=O) groups is 2. The molecule has 0 saturated carbocycles. The normalized spacial score (nSPS) is 14.0. The first-order valence-corrected chi connectivity index (χ1v) is 6.83. The molecule has 0 aromatic rings. The fourth-order valence-corrected chi connectivity index (χ4v) is 2.32. The number of rotatable bonds is 7. The summed E-state index contributed by atoms with van der Waals surface area (Å²) in [4.78, 5) is 21.7. The van der Waals surface area contributed by atoms with Crippen molar-refractivity contribution in [3.8, 4) is 0 Å². The van der Waals surface area contributed by atoms with E-state index in [9.17, 15) is 27.7 Å². The molecule has 21 heavy (non-hydrogen) atoms. The first-order valence-electron chi connectivity index (χ1n) is 5.25. The van der Waals surface area contributed by atoms with Gasteiger partial charge in [-0.25, -0.2) is 8.42 Å². The second-order valence-corrected chi connectivity index (χ2v) is 5.74. The summed E-state index contributed by atoms with van der Waals surface area (Å²) in [6.45, 7) is 5.79. The van der Waals surface area contributed by atoms with Gasteiger partial charge in [-0.2, -0.15) is 0 Å². The van der Waals surface area contributed by atoms with Gasteiger partial charge in [0.2, 0.25) is 5.91 Å². The molecule has 0 aliphatic rings. The Labute approximate surface area is 168 Å². The standard InChI is InChI=1S/C11H17NO6S.2Na/c1-4-9(13)12-11(3,7-19(16,17)18)6-5-8(2)10(14)15;;/h4-5H,1,6-7H2,2-3H3,(H,12,13)(H,14,15)(H,16,17,18);;/q;2*+1/p-2. The molecule has 10 heteroatoms. The van der Waals surface area contributed by atoms with E-state index in [2.05, 4.69) is 11.9 Å². The van der Waals surface area contributed by atoms with E-state index < -0.39 is 33.3 Å². The molecule has 0 saturated heterocycles. The molecule has 0 aliphatic carbocycles. The summed E-state index contributed by atoms with van der Waals surface area (Å²) in [5, 5.41) is 12.8. The van der Waals surface area contributed by atoms with Crippen molar-refractivity contribution in [2.24, 2.45) is 0 Å². The summed E-state index contributed by atoms with van der Waals surface area (Å²) in [7, 11) is -4.60. The van der Waals surface area contributed by atoms with Crippen molar-refractivity contribution in [1.82, 2.24) is 5.32 Å². The molecule has 108 valence electrons. The van der Waals surface area contributed by atoms with Crippen LogP contribution < -0.4 is 69.5 Å².